The van der Waals surface area contributed by atoms with Gasteiger partial charge in [-0.2, -0.15) is 0 Å². The Morgan fingerprint density at radius 3 is 2.68 bits per heavy atom. The van der Waals surface area contributed by atoms with Gasteiger partial charge in [0.15, 0.2) is 0 Å². The van der Waals surface area contributed by atoms with Gasteiger partial charge in [0, 0.05) is 45.1 Å². The van der Waals surface area contributed by atoms with Crippen LogP contribution in [0.25, 0.3) is 0 Å². The van der Waals surface area contributed by atoms with Gasteiger partial charge >= 0.3 is 0 Å². The van der Waals surface area contributed by atoms with Crippen molar-refractivity contribution in [1.82, 2.24) is 19.8 Å². The van der Waals surface area contributed by atoms with E-state index in [4.69, 9.17) is 0 Å². The van der Waals surface area contributed by atoms with Crippen molar-refractivity contribution < 1.29 is 4.79 Å². The number of aryl methyl sites for hydroxylation is 2. The summed E-state index contributed by atoms with van der Waals surface area (Å²) in [5.41, 5.74) is 4.13. The Morgan fingerprint density at radius 1 is 1.27 bits per heavy atom. The fourth-order valence-electron chi connectivity index (χ4n) is 2.80. The molecule has 0 saturated carbocycles. The van der Waals surface area contributed by atoms with Gasteiger partial charge in [0.1, 0.15) is 5.69 Å². The maximum absolute atomic E-state index is 12.4. The molecule has 22 heavy (non-hydrogen) atoms. The molecule has 3 rings (SSSR count). The number of H-pyrrole nitrogens is 1. The number of rotatable bonds is 3. The van der Waals surface area contributed by atoms with Crippen LogP contribution in [0.5, 0.6) is 0 Å². The summed E-state index contributed by atoms with van der Waals surface area (Å²) in [6.45, 7) is 8.25. The molecule has 2 aromatic rings. The minimum Gasteiger partial charge on any atom is -0.357 e. The molecule has 1 aliphatic heterocycles. The first-order valence-corrected chi connectivity index (χ1v) is 7.70. The highest BCUT2D eigenvalue weighted by atomic mass is 16.2. The van der Waals surface area contributed by atoms with Gasteiger partial charge in [-0.05, 0) is 37.1 Å². The van der Waals surface area contributed by atoms with Crippen molar-refractivity contribution in [2.24, 2.45) is 0 Å². The Kier molecular flexibility index (Phi) is 4.24. The van der Waals surface area contributed by atoms with Gasteiger partial charge in [-0.25, -0.2) is 0 Å². The molecule has 0 atom stereocenters. The second kappa shape index (κ2) is 6.32. The molecule has 1 amide bonds. The molecule has 116 valence electrons. The summed E-state index contributed by atoms with van der Waals surface area (Å²) in [6, 6.07) is 5.97. The van der Waals surface area contributed by atoms with Crippen LogP contribution in [0, 0.1) is 13.8 Å². The lowest BCUT2D eigenvalue weighted by atomic mass is 10.2. The topological polar surface area (TPSA) is 52.2 Å². The van der Waals surface area contributed by atoms with Crippen LogP contribution in [0.4, 0.5) is 0 Å². The number of hydrogen-bond acceptors (Lipinski definition) is 3. The number of nitrogens with zero attached hydrogens (tertiary/aromatic N) is 3. The van der Waals surface area contributed by atoms with E-state index in [1.165, 1.54) is 5.56 Å². The number of pyridine rings is 1. The highest BCUT2D eigenvalue weighted by Crippen LogP contribution is 2.12. The largest absolute Gasteiger partial charge is 0.357 e. The third-order valence-electron chi connectivity index (χ3n) is 4.21. The lowest BCUT2D eigenvalue weighted by Gasteiger charge is -2.34. The van der Waals surface area contributed by atoms with Gasteiger partial charge in [0.25, 0.3) is 5.91 Å². The van der Waals surface area contributed by atoms with E-state index >= 15 is 0 Å². The summed E-state index contributed by atoms with van der Waals surface area (Å²) in [5.74, 6) is 0.0989. The average molecular weight is 298 g/mol. The van der Waals surface area contributed by atoms with Gasteiger partial charge < -0.3 is 9.88 Å². The minimum absolute atomic E-state index is 0.0989. The van der Waals surface area contributed by atoms with E-state index in [9.17, 15) is 4.79 Å². The fraction of sp³-hybridized carbons (Fsp3) is 0.412. The van der Waals surface area contributed by atoms with E-state index in [1.807, 2.05) is 36.4 Å². The van der Waals surface area contributed by atoms with Gasteiger partial charge in [0.2, 0.25) is 0 Å². The standard InChI is InChI=1S/C17H22N4O/c1-13-10-15(19-11-13)17(22)21-8-6-20(7-9-21)12-16-14(2)4-3-5-18-16/h3-5,10-11,19H,6-9,12H2,1-2H3. The maximum atomic E-state index is 12.4. The number of aromatic amines is 1. The van der Waals surface area contributed by atoms with Crippen LogP contribution in [-0.4, -0.2) is 51.9 Å². The molecule has 5 heteroatoms. The number of amides is 1. The highest BCUT2D eigenvalue weighted by molar-refractivity contribution is 5.92. The number of nitrogens with one attached hydrogen (secondary N) is 1. The Hall–Kier alpha value is -2.14. The molecule has 1 saturated heterocycles. The van der Waals surface area contributed by atoms with Crippen LogP contribution in [0.15, 0.2) is 30.6 Å². The molecule has 3 heterocycles. The second-order valence-corrected chi connectivity index (χ2v) is 5.93. The number of piperazine rings is 1. The summed E-state index contributed by atoms with van der Waals surface area (Å²) in [5, 5.41) is 0. The van der Waals surface area contributed by atoms with Crippen LogP contribution < -0.4 is 0 Å². The zero-order chi connectivity index (χ0) is 15.5. The van der Waals surface area contributed by atoms with E-state index < -0.39 is 0 Å². The monoisotopic (exact) mass is 298 g/mol. The molecule has 0 aliphatic carbocycles. The molecule has 1 aliphatic rings. The van der Waals surface area contributed by atoms with E-state index in [-0.39, 0.29) is 5.91 Å². The SMILES string of the molecule is Cc1c[nH]c(C(=O)N2CCN(Cc3ncccc3C)CC2)c1. The molecule has 1 N–H and O–H groups in total. The molecule has 0 unspecified atom stereocenters. The van der Waals surface area contributed by atoms with Crippen molar-refractivity contribution in [3.63, 3.8) is 0 Å². The molecule has 0 radical (unpaired) electrons. The van der Waals surface area contributed by atoms with E-state index in [2.05, 4.69) is 27.9 Å². The van der Waals surface area contributed by atoms with Crippen molar-refractivity contribution in [3.05, 3.63) is 53.1 Å². The van der Waals surface area contributed by atoms with Crippen molar-refractivity contribution >= 4 is 5.91 Å². The third kappa shape index (κ3) is 3.20. The van der Waals surface area contributed by atoms with Crippen LogP contribution >= 0.6 is 0 Å². The Bertz CT molecular complexity index is 656. The molecule has 1 fully saturated rings. The van der Waals surface area contributed by atoms with Gasteiger partial charge in [-0.3, -0.25) is 14.7 Å². The van der Waals surface area contributed by atoms with Crippen molar-refractivity contribution in [2.45, 2.75) is 20.4 Å². The molecule has 5 nitrogen and oxygen atoms in total. The first kappa shape index (κ1) is 14.8. The lowest BCUT2D eigenvalue weighted by molar-refractivity contribution is 0.0621. The first-order valence-electron chi connectivity index (χ1n) is 7.70. The fourth-order valence-corrected chi connectivity index (χ4v) is 2.80. The van der Waals surface area contributed by atoms with Gasteiger partial charge in [0.05, 0.1) is 5.69 Å². The molecular formula is C17H22N4O. The maximum Gasteiger partial charge on any atom is 0.270 e. The molecule has 0 bridgehead atoms. The zero-order valence-corrected chi connectivity index (χ0v) is 13.2. The quantitative estimate of drug-likeness (QED) is 0.943. The van der Waals surface area contributed by atoms with Crippen LogP contribution in [0.2, 0.25) is 0 Å². The Balaban J connectivity index is 1.56. The Morgan fingerprint density at radius 2 is 2.05 bits per heavy atom. The van der Waals surface area contributed by atoms with E-state index in [1.54, 1.807) is 0 Å². The predicted molar refractivity (Wildman–Crippen MR) is 85.7 cm³/mol. The van der Waals surface area contributed by atoms with Crippen molar-refractivity contribution in [3.8, 4) is 0 Å². The molecule has 0 spiro atoms. The highest BCUT2D eigenvalue weighted by Gasteiger charge is 2.23. The number of carbonyl (C=O) groups is 1. The van der Waals surface area contributed by atoms with Crippen LogP contribution in [0.1, 0.15) is 27.3 Å². The summed E-state index contributed by atoms with van der Waals surface area (Å²) in [4.78, 5) is 24.2. The van der Waals surface area contributed by atoms with Gasteiger partial charge in [-0.15, -0.1) is 0 Å². The summed E-state index contributed by atoms with van der Waals surface area (Å²) < 4.78 is 0. The summed E-state index contributed by atoms with van der Waals surface area (Å²) in [6.07, 6.45) is 3.71. The minimum atomic E-state index is 0.0989. The molecule has 2 aromatic heterocycles. The van der Waals surface area contributed by atoms with Crippen LogP contribution in [-0.2, 0) is 6.54 Å². The summed E-state index contributed by atoms with van der Waals surface area (Å²) >= 11 is 0. The number of carbonyl (C=O) groups excluding carboxylic acids is 1. The summed E-state index contributed by atoms with van der Waals surface area (Å²) in [7, 11) is 0. The lowest BCUT2D eigenvalue weighted by Crippen LogP contribution is -2.48. The molecule has 0 aromatic carbocycles. The van der Waals surface area contributed by atoms with Crippen LogP contribution in [0.3, 0.4) is 0 Å². The molecular weight excluding hydrogens is 276 g/mol. The normalized spacial score (nSPS) is 16.0. The average Bonchev–Trinajstić information content (AvgIpc) is 2.96. The first-order chi connectivity index (χ1) is 10.6. The van der Waals surface area contributed by atoms with E-state index in [0.717, 1.165) is 44.0 Å². The van der Waals surface area contributed by atoms with Crippen molar-refractivity contribution in [1.29, 1.82) is 0 Å². The number of hydrogen-bond donors (Lipinski definition) is 1. The smallest absolute Gasteiger partial charge is 0.270 e. The van der Waals surface area contributed by atoms with Crippen molar-refractivity contribution in [2.75, 3.05) is 26.2 Å². The Labute approximate surface area is 131 Å². The third-order valence-corrected chi connectivity index (χ3v) is 4.21. The van der Waals surface area contributed by atoms with E-state index in [0.29, 0.717) is 5.69 Å². The number of aromatic nitrogens is 2. The zero-order valence-electron chi connectivity index (χ0n) is 13.2. The predicted octanol–water partition coefficient (Wildman–Crippen LogP) is 1.98. The second-order valence-electron chi connectivity index (χ2n) is 5.93. The van der Waals surface area contributed by atoms with Gasteiger partial charge in [-0.1, -0.05) is 6.07 Å².